The highest BCUT2D eigenvalue weighted by Gasteiger charge is 2.10. The van der Waals surface area contributed by atoms with Crippen LogP contribution < -0.4 is 0 Å². The summed E-state index contributed by atoms with van der Waals surface area (Å²) in [6.07, 6.45) is 5.05. The summed E-state index contributed by atoms with van der Waals surface area (Å²) in [7, 11) is 0. The number of hydrogen-bond donors (Lipinski definition) is 0. The van der Waals surface area contributed by atoms with Crippen LogP contribution in [0.2, 0.25) is 0 Å². The number of allylic oxidation sites excluding steroid dienone is 1. The summed E-state index contributed by atoms with van der Waals surface area (Å²) in [5.41, 5.74) is 4.03. The first-order valence-corrected chi connectivity index (χ1v) is 8.26. The Balaban J connectivity index is 1.82. The summed E-state index contributed by atoms with van der Waals surface area (Å²) in [6.45, 7) is 3.28. The van der Waals surface area contributed by atoms with Gasteiger partial charge in [-0.1, -0.05) is 24.3 Å². The number of carbonyl (C=O) groups is 2. The van der Waals surface area contributed by atoms with Crippen LogP contribution in [0.25, 0.3) is 17.5 Å². The number of hydrogen-bond acceptors (Lipinski definition) is 4. The Morgan fingerprint density at radius 2 is 1.65 bits per heavy atom. The molecule has 0 aliphatic rings. The molecule has 0 aliphatic carbocycles. The van der Waals surface area contributed by atoms with Crippen LogP contribution in [0.15, 0.2) is 72.6 Å². The molecular weight excluding hydrogens is 324 g/mol. The Morgan fingerprint density at radius 1 is 0.846 bits per heavy atom. The number of Topliss-reactive ketones (excluding diaryl/α,β-unsaturated/α-hetero) is 2. The van der Waals surface area contributed by atoms with Crippen molar-refractivity contribution >= 4 is 17.6 Å². The van der Waals surface area contributed by atoms with Crippen LogP contribution in [0.5, 0.6) is 0 Å². The van der Waals surface area contributed by atoms with Crippen LogP contribution in [0.1, 0.15) is 40.1 Å². The van der Waals surface area contributed by atoms with Crippen molar-refractivity contribution in [1.29, 1.82) is 0 Å². The molecule has 1 aromatic carbocycles. The number of ketones is 2. The van der Waals surface area contributed by atoms with E-state index in [4.69, 9.17) is 0 Å². The van der Waals surface area contributed by atoms with E-state index in [0.717, 1.165) is 17.0 Å². The fraction of sp³-hybridized carbons (Fsp3) is 0.0909. The molecule has 0 saturated carbocycles. The van der Waals surface area contributed by atoms with Gasteiger partial charge in [-0.25, -0.2) is 0 Å². The number of aromatic nitrogens is 2. The van der Waals surface area contributed by atoms with E-state index in [-0.39, 0.29) is 11.6 Å². The normalized spacial score (nSPS) is 11.2. The highest BCUT2D eigenvalue weighted by molar-refractivity contribution is 6.10. The molecule has 4 heteroatoms. The van der Waals surface area contributed by atoms with Gasteiger partial charge in [-0.2, -0.15) is 0 Å². The van der Waals surface area contributed by atoms with Crippen molar-refractivity contribution < 1.29 is 9.59 Å². The molecular formula is C22H18N2O2. The van der Waals surface area contributed by atoms with Gasteiger partial charge in [0.25, 0.3) is 0 Å². The van der Waals surface area contributed by atoms with Crippen LogP contribution in [-0.2, 0) is 0 Å². The van der Waals surface area contributed by atoms with E-state index in [1.165, 1.54) is 6.92 Å². The third-order valence-electron chi connectivity index (χ3n) is 3.99. The van der Waals surface area contributed by atoms with Gasteiger partial charge in [-0.3, -0.25) is 19.6 Å². The van der Waals surface area contributed by atoms with Gasteiger partial charge in [0.1, 0.15) is 0 Å². The third-order valence-corrected chi connectivity index (χ3v) is 3.99. The Hall–Kier alpha value is -3.40. The molecule has 0 amide bonds. The van der Waals surface area contributed by atoms with Gasteiger partial charge in [-0.15, -0.1) is 0 Å². The number of pyridine rings is 2. The Kier molecular flexibility index (Phi) is 5.13. The van der Waals surface area contributed by atoms with Crippen molar-refractivity contribution in [1.82, 2.24) is 9.97 Å². The first-order valence-electron chi connectivity index (χ1n) is 8.26. The van der Waals surface area contributed by atoms with Crippen LogP contribution in [0, 0.1) is 0 Å². The summed E-state index contributed by atoms with van der Waals surface area (Å²) >= 11 is 0. The van der Waals surface area contributed by atoms with E-state index in [0.29, 0.717) is 16.7 Å². The highest BCUT2D eigenvalue weighted by Crippen LogP contribution is 2.17. The van der Waals surface area contributed by atoms with E-state index in [1.54, 1.807) is 49.7 Å². The van der Waals surface area contributed by atoms with Crippen LogP contribution in [0.4, 0.5) is 0 Å². The van der Waals surface area contributed by atoms with Crippen molar-refractivity contribution in [3.63, 3.8) is 0 Å². The smallest absolute Gasteiger partial charge is 0.190 e. The Morgan fingerprint density at radius 3 is 2.31 bits per heavy atom. The minimum atomic E-state index is -0.0988. The van der Waals surface area contributed by atoms with Crippen LogP contribution >= 0.6 is 0 Å². The summed E-state index contributed by atoms with van der Waals surface area (Å²) in [5.74, 6) is -0.100. The van der Waals surface area contributed by atoms with Crippen molar-refractivity contribution in [2.45, 2.75) is 13.8 Å². The molecule has 4 nitrogen and oxygen atoms in total. The molecule has 3 rings (SSSR count). The van der Waals surface area contributed by atoms with E-state index in [1.807, 2.05) is 30.3 Å². The second-order valence-electron chi connectivity index (χ2n) is 5.99. The monoisotopic (exact) mass is 342 g/mol. The molecule has 0 saturated heterocycles. The zero-order chi connectivity index (χ0) is 18.5. The van der Waals surface area contributed by atoms with Gasteiger partial charge >= 0.3 is 0 Å². The first kappa shape index (κ1) is 17.4. The number of benzene rings is 1. The maximum atomic E-state index is 12.6. The molecule has 2 heterocycles. The van der Waals surface area contributed by atoms with E-state index >= 15 is 0 Å². The molecule has 0 fully saturated rings. The van der Waals surface area contributed by atoms with Crippen molar-refractivity contribution in [2.24, 2.45) is 0 Å². The lowest BCUT2D eigenvalue weighted by atomic mass is 10.0. The predicted molar refractivity (Wildman–Crippen MR) is 102 cm³/mol. The zero-order valence-electron chi connectivity index (χ0n) is 14.6. The van der Waals surface area contributed by atoms with Gasteiger partial charge in [0, 0.05) is 23.5 Å². The number of carbonyl (C=O) groups excluding carboxylic acids is 2. The van der Waals surface area contributed by atoms with E-state index < -0.39 is 0 Å². The van der Waals surface area contributed by atoms with Gasteiger partial charge in [0.2, 0.25) is 0 Å². The molecule has 26 heavy (non-hydrogen) atoms. The summed E-state index contributed by atoms with van der Waals surface area (Å²) in [6, 6.07) is 16.4. The van der Waals surface area contributed by atoms with E-state index in [2.05, 4.69) is 9.97 Å². The van der Waals surface area contributed by atoms with Gasteiger partial charge in [0.05, 0.1) is 11.4 Å². The fourth-order valence-corrected chi connectivity index (χ4v) is 2.58. The fourth-order valence-electron chi connectivity index (χ4n) is 2.58. The largest absolute Gasteiger partial charge is 0.295 e. The summed E-state index contributed by atoms with van der Waals surface area (Å²) in [4.78, 5) is 32.7. The maximum absolute atomic E-state index is 12.6. The SMILES string of the molecule is CC(=O)c1cccc(/C=C(/C)C(=O)c2ccc(-c3ccccn3)nc2)c1. The van der Waals surface area contributed by atoms with Gasteiger partial charge in [0.15, 0.2) is 11.6 Å². The topological polar surface area (TPSA) is 59.9 Å². The minimum absolute atomic E-state index is 0.00135. The molecule has 128 valence electrons. The second kappa shape index (κ2) is 7.66. The van der Waals surface area contributed by atoms with Gasteiger partial charge in [-0.05, 0) is 61.4 Å². The molecule has 3 aromatic rings. The van der Waals surface area contributed by atoms with Crippen LogP contribution in [0.3, 0.4) is 0 Å². The Bertz CT molecular complexity index is 975. The minimum Gasteiger partial charge on any atom is -0.295 e. The summed E-state index contributed by atoms with van der Waals surface area (Å²) < 4.78 is 0. The van der Waals surface area contributed by atoms with Crippen molar-refractivity contribution in [3.05, 3.63) is 89.3 Å². The lowest BCUT2D eigenvalue weighted by molar-refractivity contribution is 0.101. The van der Waals surface area contributed by atoms with Crippen molar-refractivity contribution in [2.75, 3.05) is 0 Å². The average Bonchev–Trinajstić information content (AvgIpc) is 2.68. The highest BCUT2D eigenvalue weighted by atomic mass is 16.1. The molecule has 2 aromatic heterocycles. The van der Waals surface area contributed by atoms with Crippen molar-refractivity contribution in [3.8, 4) is 11.4 Å². The quantitative estimate of drug-likeness (QED) is 0.501. The number of nitrogens with zero attached hydrogens (tertiary/aromatic N) is 2. The maximum Gasteiger partial charge on any atom is 0.190 e. The van der Waals surface area contributed by atoms with E-state index in [9.17, 15) is 9.59 Å². The lowest BCUT2D eigenvalue weighted by Gasteiger charge is -2.04. The predicted octanol–water partition coefficient (Wildman–Crippen LogP) is 4.63. The average molecular weight is 342 g/mol. The molecule has 0 spiro atoms. The zero-order valence-corrected chi connectivity index (χ0v) is 14.6. The third kappa shape index (κ3) is 3.98. The first-order chi connectivity index (χ1) is 12.5. The van der Waals surface area contributed by atoms with Crippen LogP contribution in [-0.4, -0.2) is 21.5 Å². The summed E-state index contributed by atoms with van der Waals surface area (Å²) in [5, 5.41) is 0. The molecule has 0 N–H and O–H groups in total. The standard InChI is InChI=1S/C22H18N2O2/c1-15(12-17-6-5-7-18(13-17)16(2)25)22(26)19-9-10-21(24-14-19)20-8-3-4-11-23-20/h3-14H,1-2H3/b15-12-. The second-order valence-corrected chi connectivity index (χ2v) is 5.99. The lowest BCUT2D eigenvalue weighted by Crippen LogP contribution is -2.02. The molecule has 0 unspecified atom stereocenters. The number of rotatable bonds is 5. The Labute approximate surface area is 152 Å². The van der Waals surface area contributed by atoms with Gasteiger partial charge < -0.3 is 0 Å². The molecule has 0 aliphatic heterocycles. The molecule has 0 radical (unpaired) electrons. The molecule has 0 atom stereocenters. The molecule has 0 bridgehead atoms.